The van der Waals surface area contributed by atoms with E-state index in [1.165, 1.54) is 11.3 Å². The normalized spacial score (nSPS) is 12.6. The van der Waals surface area contributed by atoms with Gasteiger partial charge in [-0.25, -0.2) is 4.79 Å². The van der Waals surface area contributed by atoms with Crippen LogP contribution in [0, 0.1) is 0 Å². The highest BCUT2D eigenvalue weighted by Gasteiger charge is 2.23. The Morgan fingerprint density at radius 1 is 0.919 bits per heavy atom. The molecule has 188 valence electrons. The van der Waals surface area contributed by atoms with Gasteiger partial charge in [-0.3, -0.25) is 10.1 Å². The van der Waals surface area contributed by atoms with Crippen molar-refractivity contribution in [1.29, 1.82) is 0 Å². The molecule has 0 aliphatic carbocycles. The van der Waals surface area contributed by atoms with E-state index in [4.69, 9.17) is 9.47 Å². The van der Waals surface area contributed by atoms with Crippen molar-refractivity contribution in [3.05, 3.63) is 83.9 Å². The minimum absolute atomic E-state index is 0.184. The number of benzene rings is 3. The summed E-state index contributed by atoms with van der Waals surface area (Å²) in [6.45, 7) is 2.23. The van der Waals surface area contributed by atoms with E-state index in [-0.39, 0.29) is 6.79 Å². The molecule has 1 aromatic heterocycles. The molecule has 5 rings (SSSR count). The Balaban J connectivity index is 1.29. The highest BCUT2D eigenvalue weighted by atomic mass is 32.1. The highest BCUT2D eigenvalue weighted by molar-refractivity contribution is 7.18. The third kappa shape index (κ3) is 6.04. The zero-order valence-corrected chi connectivity index (χ0v) is 20.9. The minimum Gasteiger partial charge on any atom is -0.454 e. The lowest BCUT2D eigenvalue weighted by Crippen LogP contribution is -2.46. The van der Waals surface area contributed by atoms with Crippen LogP contribution in [0.1, 0.15) is 18.1 Å². The van der Waals surface area contributed by atoms with Crippen LogP contribution in [0.5, 0.6) is 11.5 Å². The van der Waals surface area contributed by atoms with Gasteiger partial charge in [-0.1, -0.05) is 60.7 Å². The highest BCUT2D eigenvalue weighted by Crippen LogP contribution is 2.37. The summed E-state index contributed by atoms with van der Waals surface area (Å²) < 4.78 is 10.8. The Kier molecular flexibility index (Phi) is 7.27. The Bertz CT molecular complexity index is 1410. The van der Waals surface area contributed by atoms with Crippen molar-refractivity contribution >= 4 is 34.1 Å². The minimum atomic E-state index is -0.838. The fourth-order valence-corrected chi connectivity index (χ4v) is 4.61. The Hall–Kier alpha value is -4.44. The van der Waals surface area contributed by atoms with E-state index in [0.717, 1.165) is 23.1 Å². The first kappa shape index (κ1) is 24.3. The molecule has 1 aliphatic heterocycles. The van der Waals surface area contributed by atoms with Gasteiger partial charge in [0.2, 0.25) is 17.8 Å². The molecule has 2 heterocycles. The first-order valence-electron chi connectivity index (χ1n) is 11.8. The molecule has 0 unspecified atom stereocenters. The fourth-order valence-electron chi connectivity index (χ4n) is 3.87. The number of nitrogens with one attached hydrogen (secondary N) is 3. The molecule has 1 aliphatic rings. The van der Waals surface area contributed by atoms with Crippen molar-refractivity contribution in [2.24, 2.45) is 0 Å². The maximum Gasteiger partial charge on any atom is 0.319 e. The number of nitrogens with zero attached hydrogens (tertiary/aromatic N) is 2. The maximum atomic E-state index is 13.3. The van der Waals surface area contributed by atoms with Crippen molar-refractivity contribution in [2.45, 2.75) is 25.8 Å². The summed E-state index contributed by atoms with van der Waals surface area (Å²) in [5.74, 6) is 0.923. The zero-order chi connectivity index (χ0) is 25.6. The molecule has 3 amide bonds. The van der Waals surface area contributed by atoms with E-state index in [9.17, 15) is 9.59 Å². The number of anilines is 2. The Morgan fingerprint density at radius 2 is 1.73 bits per heavy atom. The summed E-state index contributed by atoms with van der Waals surface area (Å²) in [6, 6.07) is 21.3. The second-order valence-electron chi connectivity index (χ2n) is 8.36. The van der Waals surface area contributed by atoms with Crippen LogP contribution >= 0.6 is 11.3 Å². The average molecular weight is 516 g/mol. The van der Waals surface area contributed by atoms with Crippen molar-refractivity contribution in [3.63, 3.8) is 0 Å². The van der Waals surface area contributed by atoms with E-state index in [1.54, 1.807) is 0 Å². The number of aromatic nitrogens is 2. The number of aryl methyl sites for hydroxylation is 1. The van der Waals surface area contributed by atoms with Crippen molar-refractivity contribution in [1.82, 2.24) is 15.5 Å². The quantitative estimate of drug-likeness (QED) is 0.309. The Morgan fingerprint density at radius 3 is 2.57 bits per heavy atom. The smallest absolute Gasteiger partial charge is 0.319 e. The van der Waals surface area contributed by atoms with Gasteiger partial charge >= 0.3 is 6.03 Å². The van der Waals surface area contributed by atoms with Crippen LogP contribution in [0.15, 0.2) is 72.8 Å². The monoisotopic (exact) mass is 515 g/mol. The Labute approximate surface area is 217 Å². The van der Waals surface area contributed by atoms with Crippen molar-refractivity contribution < 1.29 is 19.1 Å². The standard InChI is InChI=1S/C27H25N5O4S/c1-2-17-9-6-10-20(13-17)28-26(34)29-21(14-18-7-4-3-5-8-18)24(33)30-27-32-31-25(37-27)19-11-12-22-23(15-19)36-16-35-22/h3-13,15,21H,2,14,16H2,1H3,(H2,28,29,34)(H,30,32,33)/t21-/m1/s1. The molecule has 0 spiro atoms. The molecule has 0 radical (unpaired) electrons. The molecule has 0 saturated carbocycles. The second-order valence-corrected chi connectivity index (χ2v) is 9.34. The SMILES string of the molecule is CCc1cccc(NC(=O)N[C@H](Cc2ccccc2)C(=O)Nc2nnc(-c3ccc4c(c3)OCO4)s2)c1. The topological polar surface area (TPSA) is 114 Å². The van der Waals surface area contributed by atoms with E-state index in [0.29, 0.717) is 33.7 Å². The summed E-state index contributed by atoms with van der Waals surface area (Å²) in [6.07, 6.45) is 1.16. The number of hydrogen-bond donors (Lipinski definition) is 3. The second kappa shape index (κ2) is 11.1. The lowest BCUT2D eigenvalue weighted by molar-refractivity contribution is -0.117. The van der Waals surface area contributed by atoms with Crippen LogP contribution in [0.4, 0.5) is 15.6 Å². The predicted octanol–water partition coefficient (Wildman–Crippen LogP) is 4.87. The molecule has 0 saturated heterocycles. The first-order chi connectivity index (χ1) is 18.1. The molecule has 1 atom stereocenters. The van der Waals surface area contributed by atoms with Crippen LogP contribution < -0.4 is 25.4 Å². The number of carbonyl (C=O) groups excluding carboxylic acids is 2. The van der Waals surface area contributed by atoms with Gasteiger partial charge in [0.15, 0.2) is 11.5 Å². The molecular weight excluding hydrogens is 490 g/mol. The molecule has 10 heteroatoms. The molecule has 4 aromatic rings. The fraction of sp³-hybridized carbons (Fsp3) is 0.185. The van der Waals surface area contributed by atoms with Gasteiger partial charge in [0.1, 0.15) is 11.0 Å². The predicted molar refractivity (Wildman–Crippen MR) is 142 cm³/mol. The molecule has 0 bridgehead atoms. The van der Waals surface area contributed by atoms with Crippen LogP contribution in [0.2, 0.25) is 0 Å². The first-order valence-corrected chi connectivity index (χ1v) is 12.6. The molecule has 9 nitrogen and oxygen atoms in total. The van der Waals surface area contributed by atoms with Crippen molar-refractivity contribution in [3.8, 4) is 22.1 Å². The lowest BCUT2D eigenvalue weighted by atomic mass is 10.1. The number of hydrogen-bond acceptors (Lipinski definition) is 7. The summed E-state index contributed by atoms with van der Waals surface area (Å²) >= 11 is 1.23. The van der Waals surface area contributed by atoms with E-state index < -0.39 is 18.0 Å². The number of amides is 3. The number of carbonyl (C=O) groups is 2. The summed E-state index contributed by atoms with van der Waals surface area (Å²) in [5, 5.41) is 17.7. The molecule has 3 aromatic carbocycles. The van der Waals surface area contributed by atoms with Crippen LogP contribution in [0.3, 0.4) is 0 Å². The number of fused-ring (bicyclic) bond motifs is 1. The van der Waals surface area contributed by atoms with E-state index in [2.05, 4.69) is 26.1 Å². The van der Waals surface area contributed by atoms with Crippen LogP contribution in [0.25, 0.3) is 10.6 Å². The van der Waals surface area contributed by atoms with Gasteiger partial charge in [0.25, 0.3) is 0 Å². The van der Waals surface area contributed by atoms with E-state index in [1.807, 2.05) is 79.7 Å². The van der Waals surface area contributed by atoms with E-state index >= 15 is 0 Å². The number of ether oxygens (including phenoxy) is 2. The lowest BCUT2D eigenvalue weighted by Gasteiger charge is -2.18. The van der Waals surface area contributed by atoms with Crippen LogP contribution in [-0.2, 0) is 17.6 Å². The molecule has 3 N–H and O–H groups in total. The van der Waals surface area contributed by atoms with Crippen molar-refractivity contribution in [2.75, 3.05) is 17.4 Å². The van der Waals surface area contributed by atoms with Gasteiger partial charge < -0.3 is 20.1 Å². The summed E-state index contributed by atoms with van der Waals surface area (Å²) in [4.78, 5) is 26.1. The number of urea groups is 1. The third-order valence-corrected chi connectivity index (χ3v) is 6.66. The summed E-state index contributed by atoms with van der Waals surface area (Å²) in [7, 11) is 0. The summed E-state index contributed by atoms with van der Waals surface area (Å²) in [5.41, 5.74) is 3.48. The number of rotatable bonds is 8. The van der Waals surface area contributed by atoms with Crippen LogP contribution in [-0.4, -0.2) is 35.0 Å². The average Bonchev–Trinajstić information content (AvgIpc) is 3.58. The molecule has 0 fully saturated rings. The zero-order valence-electron chi connectivity index (χ0n) is 20.1. The van der Waals surface area contributed by atoms with Gasteiger partial charge in [-0.2, -0.15) is 0 Å². The molecule has 37 heavy (non-hydrogen) atoms. The van der Waals surface area contributed by atoms with Gasteiger partial charge in [-0.15, -0.1) is 10.2 Å². The van der Waals surface area contributed by atoms with Gasteiger partial charge in [0, 0.05) is 17.7 Å². The molecular formula is C27H25N5O4S. The van der Waals surface area contributed by atoms with Gasteiger partial charge in [0.05, 0.1) is 0 Å². The largest absolute Gasteiger partial charge is 0.454 e. The third-order valence-electron chi connectivity index (χ3n) is 5.77. The maximum absolute atomic E-state index is 13.3. The van der Waals surface area contributed by atoms with Gasteiger partial charge in [-0.05, 0) is 47.9 Å².